The highest BCUT2D eigenvalue weighted by atomic mass is 16.6. The fourth-order valence-electron chi connectivity index (χ4n) is 3.74. The number of nitro benzene ring substituents is 1. The largest absolute Gasteiger partial charge is 0.469 e. The molecule has 2 aromatic rings. The summed E-state index contributed by atoms with van der Waals surface area (Å²) in [6, 6.07) is 7.61. The van der Waals surface area contributed by atoms with Gasteiger partial charge in [-0.1, -0.05) is 18.2 Å². The Labute approximate surface area is 190 Å². The van der Waals surface area contributed by atoms with Gasteiger partial charge in [-0.05, 0) is 38.5 Å². The lowest BCUT2D eigenvalue weighted by Crippen LogP contribution is -2.32. The van der Waals surface area contributed by atoms with Crippen molar-refractivity contribution in [1.82, 2.24) is 5.32 Å². The summed E-state index contributed by atoms with van der Waals surface area (Å²) in [6.45, 7) is 5.17. The molecule has 9 nitrogen and oxygen atoms in total. The Kier molecular flexibility index (Phi) is 7.12. The zero-order valence-corrected chi connectivity index (χ0v) is 18.7. The monoisotopic (exact) mass is 452 g/mol. The predicted octanol–water partition coefficient (Wildman–Crippen LogP) is 4.16. The van der Waals surface area contributed by atoms with Crippen LogP contribution in [0.1, 0.15) is 36.7 Å². The van der Waals surface area contributed by atoms with E-state index < -0.39 is 22.8 Å². The summed E-state index contributed by atoms with van der Waals surface area (Å²) in [7, 11) is 1.24. The van der Waals surface area contributed by atoms with E-state index in [-0.39, 0.29) is 23.4 Å². The minimum Gasteiger partial charge on any atom is -0.469 e. The maximum Gasteiger partial charge on any atom is 0.337 e. The molecule has 1 atom stereocenters. The number of dihydropyridines is 1. The van der Waals surface area contributed by atoms with E-state index in [2.05, 4.69) is 5.32 Å². The minimum atomic E-state index is -0.897. The summed E-state index contributed by atoms with van der Waals surface area (Å²) in [6.07, 6.45) is 5.01. The minimum absolute atomic E-state index is 0.0157. The number of carbonyl (C=O) groups is 2. The highest BCUT2D eigenvalue weighted by molar-refractivity contribution is 6.00. The number of esters is 2. The fraction of sp³-hybridized carbons (Fsp3) is 0.250. The van der Waals surface area contributed by atoms with Crippen molar-refractivity contribution in [3.63, 3.8) is 0 Å². The Morgan fingerprint density at radius 2 is 1.85 bits per heavy atom. The number of nitrogens with one attached hydrogen (secondary N) is 1. The number of non-ortho nitro benzene ring substituents is 1. The van der Waals surface area contributed by atoms with Crippen LogP contribution in [0.5, 0.6) is 0 Å². The predicted molar refractivity (Wildman–Crippen MR) is 120 cm³/mol. The smallest absolute Gasteiger partial charge is 0.337 e. The fourth-order valence-corrected chi connectivity index (χ4v) is 3.74. The van der Waals surface area contributed by atoms with Crippen LogP contribution < -0.4 is 5.32 Å². The lowest BCUT2D eigenvalue weighted by Gasteiger charge is -2.30. The Morgan fingerprint density at radius 1 is 1.15 bits per heavy atom. The average Bonchev–Trinajstić information content (AvgIpc) is 3.20. The van der Waals surface area contributed by atoms with Gasteiger partial charge < -0.3 is 19.2 Å². The molecular weight excluding hydrogens is 428 g/mol. The van der Waals surface area contributed by atoms with Crippen molar-refractivity contribution < 1.29 is 28.4 Å². The zero-order valence-electron chi connectivity index (χ0n) is 18.7. The van der Waals surface area contributed by atoms with Crippen molar-refractivity contribution in [1.29, 1.82) is 0 Å². The molecule has 0 radical (unpaired) electrons. The van der Waals surface area contributed by atoms with Gasteiger partial charge in [0.25, 0.3) is 5.69 Å². The van der Waals surface area contributed by atoms with Gasteiger partial charge in [-0.15, -0.1) is 0 Å². The van der Waals surface area contributed by atoms with Crippen LogP contribution in [0.2, 0.25) is 0 Å². The molecule has 0 aliphatic carbocycles. The number of hydrogen-bond acceptors (Lipinski definition) is 8. The Hall–Kier alpha value is -4.14. The lowest BCUT2D eigenvalue weighted by molar-refractivity contribution is -0.384. The molecule has 2 heterocycles. The summed E-state index contributed by atoms with van der Waals surface area (Å²) in [5, 5.41) is 14.3. The van der Waals surface area contributed by atoms with E-state index in [0.717, 1.165) is 11.3 Å². The Morgan fingerprint density at radius 3 is 2.45 bits per heavy atom. The van der Waals surface area contributed by atoms with Crippen molar-refractivity contribution in [2.45, 2.75) is 26.7 Å². The van der Waals surface area contributed by atoms with Gasteiger partial charge >= 0.3 is 11.9 Å². The molecule has 172 valence electrons. The van der Waals surface area contributed by atoms with Crippen LogP contribution in [0.3, 0.4) is 0 Å². The standard InChI is InChI=1S/C24H24N2O7/c1-14-20(23(27)31-4)22(18-7-5-9-19(13-18)26(29)30)21(15(2)25-14)24(28)33-11-6-8-17-10-12-32-16(17)3/h5-10,12-13,22,25H,11H2,1-4H3/b8-6+. The maximum atomic E-state index is 13.1. The Balaban J connectivity index is 1.95. The van der Waals surface area contributed by atoms with Crippen molar-refractivity contribution >= 4 is 23.7 Å². The molecule has 1 unspecified atom stereocenters. The SMILES string of the molecule is COC(=O)C1=C(C)NC(C)=C(C(=O)OC/C=C/c2ccoc2C)C1c1cccc([N+](=O)[O-])c1. The first-order valence-corrected chi connectivity index (χ1v) is 10.1. The molecule has 1 aliphatic heterocycles. The van der Waals surface area contributed by atoms with Crippen molar-refractivity contribution in [2.75, 3.05) is 13.7 Å². The van der Waals surface area contributed by atoms with Crippen LogP contribution in [-0.4, -0.2) is 30.6 Å². The van der Waals surface area contributed by atoms with Crippen LogP contribution in [0, 0.1) is 17.0 Å². The van der Waals surface area contributed by atoms with E-state index in [1.807, 2.05) is 6.92 Å². The van der Waals surface area contributed by atoms with Gasteiger partial charge in [-0.25, -0.2) is 9.59 Å². The van der Waals surface area contributed by atoms with E-state index in [4.69, 9.17) is 13.9 Å². The second-order valence-electron chi connectivity index (χ2n) is 7.41. The van der Waals surface area contributed by atoms with Crippen LogP contribution >= 0.6 is 0 Å². The summed E-state index contributed by atoms with van der Waals surface area (Å²) < 4.78 is 15.6. The molecule has 3 rings (SSSR count). The van der Waals surface area contributed by atoms with Crippen LogP contribution in [0.25, 0.3) is 6.08 Å². The van der Waals surface area contributed by atoms with Crippen molar-refractivity contribution in [3.8, 4) is 0 Å². The zero-order chi connectivity index (χ0) is 24.1. The maximum absolute atomic E-state index is 13.1. The number of ether oxygens (including phenoxy) is 2. The van der Waals surface area contributed by atoms with Gasteiger partial charge in [0.2, 0.25) is 0 Å². The first-order chi connectivity index (χ1) is 15.7. The second kappa shape index (κ2) is 9.99. The number of furan rings is 1. The number of allylic oxidation sites excluding steroid dienone is 2. The van der Waals surface area contributed by atoms with E-state index in [1.165, 1.54) is 25.3 Å². The normalized spacial score (nSPS) is 16.1. The van der Waals surface area contributed by atoms with Gasteiger partial charge in [-0.3, -0.25) is 10.1 Å². The van der Waals surface area contributed by atoms with Gasteiger partial charge in [0.15, 0.2) is 0 Å². The third-order valence-electron chi connectivity index (χ3n) is 5.31. The molecule has 1 aromatic carbocycles. The molecule has 9 heteroatoms. The topological polar surface area (TPSA) is 121 Å². The van der Waals surface area contributed by atoms with Crippen LogP contribution in [0.15, 0.2) is 69.6 Å². The number of aryl methyl sites for hydroxylation is 1. The Bertz CT molecular complexity index is 1190. The number of carbonyl (C=O) groups excluding carboxylic acids is 2. The summed E-state index contributed by atoms with van der Waals surface area (Å²) in [5.41, 5.74) is 2.44. The van der Waals surface area contributed by atoms with E-state index in [9.17, 15) is 19.7 Å². The summed E-state index contributed by atoms with van der Waals surface area (Å²) in [5.74, 6) is -1.46. The molecule has 1 aromatic heterocycles. The van der Waals surface area contributed by atoms with E-state index in [0.29, 0.717) is 17.0 Å². The number of rotatable bonds is 7. The summed E-state index contributed by atoms with van der Waals surface area (Å²) >= 11 is 0. The first-order valence-electron chi connectivity index (χ1n) is 10.1. The third-order valence-corrected chi connectivity index (χ3v) is 5.31. The second-order valence-corrected chi connectivity index (χ2v) is 7.41. The molecule has 1 N–H and O–H groups in total. The number of benzene rings is 1. The highest BCUT2D eigenvalue weighted by Gasteiger charge is 2.38. The molecule has 1 aliphatic rings. The number of hydrogen-bond donors (Lipinski definition) is 1. The number of methoxy groups -OCH3 is 1. The molecule has 0 saturated heterocycles. The highest BCUT2D eigenvalue weighted by Crippen LogP contribution is 2.40. The number of nitro groups is 1. The van der Waals surface area contributed by atoms with E-state index in [1.54, 1.807) is 44.4 Å². The van der Waals surface area contributed by atoms with Gasteiger partial charge in [0, 0.05) is 29.1 Å². The molecular formula is C24H24N2O7. The number of nitrogens with zero attached hydrogens (tertiary/aromatic N) is 1. The average molecular weight is 452 g/mol. The van der Waals surface area contributed by atoms with Gasteiger partial charge in [-0.2, -0.15) is 0 Å². The first kappa shape index (κ1) is 23.5. The molecule has 0 amide bonds. The third kappa shape index (κ3) is 5.03. The lowest BCUT2D eigenvalue weighted by atomic mass is 9.80. The van der Waals surface area contributed by atoms with Gasteiger partial charge in [0.05, 0.1) is 35.4 Å². The van der Waals surface area contributed by atoms with Crippen molar-refractivity contribution in [3.05, 3.63) is 92.2 Å². The molecule has 0 saturated carbocycles. The van der Waals surface area contributed by atoms with Crippen LogP contribution in [0.4, 0.5) is 5.69 Å². The van der Waals surface area contributed by atoms with Crippen LogP contribution in [-0.2, 0) is 19.1 Å². The molecule has 33 heavy (non-hydrogen) atoms. The molecule has 0 fully saturated rings. The molecule has 0 bridgehead atoms. The summed E-state index contributed by atoms with van der Waals surface area (Å²) in [4.78, 5) is 36.5. The molecule has 0 spiro atoms. The van der Waals surface area contributed by atoms with Gasteiger partial charge in [0.1, 0.15) is 12.4 Å². The van der Waals surface area contributed by atoms with Crippen molar-refractivity contribution in [2.24, 2.45) is 0 Å². The quantitative estimate of drug-likeness (QED) is 0.378. The van der Waals surface area contributed by atoms with E-state index >= 15 is 0 Å².